The van der Waals surface area contributed by atoms with E-state index in [-0.39, 0.29) is 5.91 Å². The molecule has 23 heavy (non-hydrogen) atoms. The maximum absolute atomic E-state index is 12.1. The van der Waals surface area contributed by atoms with E-state index in [9.17, 15) is 4.79 Å². The zero-order chi connectivity index (χ0) is 16.7. The summed E-state index contributed by atoms with van der Waals surface area (Å²) in [7, 11) is 3.22. The third-order valence-electron chi connectivity index (χ3n) is 3.37. The van der Waals surface area contributed by atoms with E-state index in [1.807, 2.05) is 24.3 Å². The predicted octanol–water partition coefficient (Wildman–Crippen LogP) is 2.79. The standard InChI is InChI=1S/C18H21NO4/c1-13(23-17-10-8-16(22-3)9-11-17)18(20)19-12-14-4-6-15(21-2)7-5-14/h4-11,13H,12H2,1-3H3,(H,19,20)/t13-/m0/s1. The van der Waals surface area contributed by atoms with Crippen molar-refractivity contribution in [1.82, 2.24) is 5.32 Å². The Bertz CT molecular complexity index is 622. The summed E-state index contributed by atoms with van der Waals surface area (Å²) in [4.78, 5) is 12.1. The highest BCUT2D eigenvalue weighted by Gasteiger charge is 2.14. The quantitative estimate of drug-likeness (QED) is 0.853. The molecule has 1 N–H and O–H groups in total. The van der Waals surface area contributed by atoms with Gasteiger partial charge in [0.05, 0.1) is 14.2 Å². The number of rotatable bonds is 7. The van der Waals surface area contributed by atoms with Crippen molar-refractivity contribution in [3.63, 3.8) is 0 Å². The van der Waals surface area contributed by atoms with Crippen LogP contribution in [0, 0.1) is 0 Å². The van der Waals surface area contributed by atoms with Gasteiger partial charge in [-0.05, 0) is 48.9 Å². The first-order valence-electron chi connectivity index (χ1n) is 7.33. The smallest absolute Gasteiger partial charge is 0.261 e. The Morgan fingerprint density at radius 2 is 1.39 bits per heavy atom. The van der Waals surface area contributed by atoms with Crippen molar-refractivity contribution < 1.29 is 19.0 Å². The summed E-state index contributed by atoms with van der Waals surface area (Å²) in [5.74, 6) is 1.99. The molecule has 0 aliphatic carbocycles. The Morgan fingerprint density at radius 1 is 0.913 bits per heavy atom. The number of nitrogens with one attached hydrogen (secondary N) is 1. The van der Waals surface area contributed by atoms with Gasteiger partial charge in [-0.25, -0.2) is 0 Å². The van der Waals surface area contributed by atoms with Crippen LogP contribution in [0.25, 0.3) is 0 Å². The number of benzene rings is 2. The van der Waals surface area contributed by atoms with E-state index >= 15 is 0 Å². The van der Waals surface area contributed by atoms with Crippen molar-refractivity contribution in [2.45, 2.75) is 19.6 Å². The van der Waals surface area contributed by atoms with Gasteiger partial charge in [0, 0.05) is 6.54 Å². The minimum atomic E-state index is -0.582. The maximum atomic E-state index is 12.1. The van der Waals surface area contributed by atoms with Gasteiger partial charge < -0.3 is 19.5 Å². The van der Waals surface area contributed by atoms with Crippen molar-refractivity contribution in [3.8, 4) is 17.2 Å². The van der Waals surface area contributed by atoms with Crippen LogP contribution in [-0.4, -0.2) is 26.2 Å². The fourth-order valence-electron chi connectivity index (χ4n) is 1.99. The normalized spacial score (nSPS) is 11.4. The van der Waals surface area contributed by atoms with Crippen LogP contribution in [0.4, 0.5) is 0 Å². The van der Waals surface area contributed by atoms with Crippen LogP contribution in [0.1, 0.15) is 12.5 Å². The highest BCUT2D eigenvalue weighted by molar-refractivity contribution is 5.80. The molecule has 1 atom stereocenters. The van der Waals surface area contributed by atoms with Gasteiger partial charge in [-0.3, -0.25) is 4.79 Å². The monoisotopic (exact) mass is 315 g/mol. The molecule has 0 radical (unpaired) electrons. The van der Waals surface area contributed by atoms with Gasteiger partial charge >= 0.3 is 0 Å². The number of amides is 1. The molecule has 0 aliphatic rings. The SMILES string of the molecule is COc1ccc(CNC(=O)[C@H](C)Oc2ccc(OC)cc2)cc1. The summed E-state index contributed by atoms with van der Waals surface area (Å²) in [5.41, 5.74) is 0.996. The van der Waals surface area contributed by atoms with Crippen LogP contribution in [0.15, 0.2) is 48.5 Å². The van der Waals surface area contributed by atoms with E-state index in [2.05, 4.69) is 5.32 Å². The summed E-state index contributed by atoms with van der Waals surface area (Å²) in [6.45, 7) is 2.16. The Hall–Kier alpha value is -2.69. The molecule has 0 bridgehead atoms. The van der Waals surface area contributed by atoms with E-state index in [0.29, 0.717) is 12.3 Å². The predicted molar refractivity (Wildman–Crippen MR) is 87.9 cm³/mol. The van der Waals surface area contributed by atoms with Gasteiger partial charge in [0.15, 0.2) is 6.10 Å². The van der Waals surface area contributed by atoms with Gasteiger partial charge in [0.1, 0.15) is 17.2 Å². The van der Waals surface area contributed by atoms with E-state index < -0.39 is 6.10 Å². The molecule has 0 aromatic heterocycles. The van der Waals surface area contributed by atoms with Crippen molar-refractivity contribution in [3.05, 3.63) is 54.1 Å². The highest BCUT2D eigenvalue weighted by Crippen LogP contribution is 2.18. The van der Waals surface area contributed by atoms with E-state index in [1.54, 1.807) is 45.4 Å². The minimum absolute atomic E-state index is 0.170. The molecule has 2 rings (SSSR count). The Morgan fingerprint density at radius 3 is 1.91 bits per heavy atom. The number of hydrogen-bond donors (Lipinski definition) is 1. The lowest BCUT2D eigenvalue weighted by Crippen LogP contribution is -2.35. The summed E-state index contributed by atoms with van der Waals surface area (Å²) in [6, 6.07) is 14.7. The summed E-state index contributed by atoms with van der Waals surface area (Å²) >= 11 is 0. The first-order valence-corrected chi connectivity index (χ1v) is 7.33. The maximum Gasteiger partial charge on any atom is 0.261 e. The van der Waals surface area contributed by atoms with Crippen molar-refractivity contribution in [2.75, 3.05) is 14.2 Å². The van der Waals surface area contributed by atoms with Crippen LogP contribution in [0.3, 0.4) is 0 Å². The second kappa shape index (κ2) is 8.08. The number of carbonyl (C=O) groups excluding carboxylic acids is 1. The first-order chi connectivity index (χ1) is 11.1. The van der Waals surface area contributed by atoms with Gasteiger partial charge in [-0.1, -0.05) is 12.1 Å². The molecule has 1 amide bonds. The zero-order valence-corrected chi connectivity index (χ0v) is 13.5. The third kappa shape index (κ3) is 4.92. The molecule has 0 fully saturated rings. The molecule has 0 saturated heterocycles. The molecule has 0 saturated carbocycles. The third-order valence-corrected chi connectivity index (χ3v) is 3.37. The minimum Gasteiger partial charge on any atom is -0.497 e. The molecule has 2 aromatic rings. The zero-order valence-electron chi connectivity index (χ0n) is 13.5. The molecule has 122 valence electrons. The summed E-state index contributed by atoms with van der Waals surface area (Å²) in [5, 5.41) is 2.85. The fraction of sp³-hybridized carbons (Fsp3) is 0.278. The second-order valence-corrected chi connectivity index (χ2v) is 5.00. The molecule has 0 aliphatic heterocycles. The van der Waals surface area contributed by atoms with E-state index in [1.165, 1.54) is 0 Å². The number of hydrogen-bond acceptors (Lipinski definition) is 4. The van der Waals surface area contributed by atoms with Crippen molar-refractivity contribution in [2.24, 2.45) is 0 Å². The highest BCUT2D eigenvalue weighted by atomic mass is 16.5. The van der Waals surface area contributed by atoms with Gasteiger partial charge in [-0.2, -0.15) is 0 Å². The van der Waals surface area contributed by atoms with E-state index in [4.69, 9.17) is 14.2 Å². The molecule has 0 spiro atoms. The number of carbonyl (C=O) groups is 1. The number of ether oxygens (including phenoxy) is 3. The average molecular weight is 315 g/mol. The Kier molecular flexibility index (Phi) is 5.86. The second-order valence-electron chi connectivity index (χ2n) is 5.00. The molecule has 0 unspecified atom stereocenters. The topological polar surface area (TPSA) is 56.8 Å². The van der Waals surface area contributed by atoms with Crippen LogP contribution < -0.4 is 19.5 Å². The molecule has 2 aromatic carbocycles. The van der Waals surface area contributed by atoms with Crippen molar-refractivity contribution in [1.29, 1.82) is 0 Å². The van der Waals surface area contributed by atoms with Crippen LogP contribution in [-0.2, 0) is 11.3 Å². The molecular formula is C18H21NO4. The first kappa shape index (κ1) is 16.7. The van der Waals surface area contributed by atoms with Gasteiger partial charge in [0.25, 0.3) is 5.91 Å². The van der Waals surface area contributed by atoms with Crippen LogP contribution >= 0.6 is 0 Å². The fourth-order valence-corrected chi connectivity index (χ4v) is 1.99. The molecule has 0 heterocycles. The lowest BCUT2D eigenvalue weighted by Gasteiger charge is -2.15. The van der Waals surface area contributed by atoms with Crippen molar-refractivity contribution >= 4 is 5.91 Å². The molecule has 5 heteroatoms. The van der Waals surface area contributed by atoms with Crippen LogP contribution in [0.2, 0.25) is 0 Å². The lowest BCUT2D eigenvalue weighted by atomic mass is 10.2. The molecule has 5 nitrogen and oxygen atoms in total. The Labute approximate surface area is 136 Å². The largest absolute Gasteiger partial charge is 0.497 e. The lowest BCUT2D eigenvalue weighted by molar-refractivity contribution is -0.127. The average Bonchev–Trinajstić information content (AvgIpc) is 2.60. The van der Waals surface area contributed by atoms with Gasteiger partial charge in [0.2, 0.25) is 0 Å². The van der Waals surface area contributed by atoms with Gasteiger partial charge in [-0.15, -0.1) is 0 Å². The molecular weight excluding hydrogens is 294 g/mol. The summed E-state index contributed by atoms with van der Waals surface area (Å²) in [6.07, 6.45) is -0.582. The Balaban J connectivity index is 1.83. The van der Waals surface area contributed by atoms with Crippen LogP contribution in [0.5, 0.6) is 17.2 Å². The summed E-state index contributed by atoms with van der Waals surface area (Å²) < 4.78 is 15.8. The van der Waals surface area contributed by atoms with E-state index in [0.717, 1.165) is 17.1 Å². The number of methoxy groups -OCH3 is 2.